The number of hydrogen-bond donors (Lipinski definition) is 1. The van der Waals surface area contributed by atoms with Crippen LogP contribution in [-0.4, -0.2) is 15.8 Å². The minimum atomic E-state index is -0.236. The summed E-state index contributed by atoms with van der Waals surface area (Å²) in [6.07, 6.45) is 4.45. The molecule has 0 bridgehead atoms. The van der Waals surface area contributed by atoms with E-state index in [0.717, 1.165) is 0 Å². The predicted molar refractivity (Wildman–Crippen MR) is 66.9 cm³/mol. The Hall–Kier alpha value is 0.630. The van der Waals surface area contributed by atoms with Gasteiger partial charge in [-0.1, -0.05) is 29.8 Å². The molecule has 2 unspecified atom stereocenters. The van der Waals surface area contributed by atoms with Gasteiger partial charge in [0.05, 0.1) is 0 Å². The molecule has 0 rings (SSSR count). The fourth-order valence-corrected chi connectivity index (χ4v) is 2.11. The number of rotatable bonds is 5. The van der Waals surface area contributed by atoms with E-state index in [-0.39, 0.29) is 15.4 Å². The normalized spacial score (nSPS) is 19.5. The van der Waals surface area contributed by atoms with E-state index in [0.29, 0.717) is 10.7 Å². The monoisotopic (exact) mass is 267 g/mol. The van der Waals surface area contributed by atoms with Crippen LogP contribution in [0.3, 0.4) is 0 Å². The lowest BCUT2D eigenvalue weighted by atomic mass is 9.92. The summed E-state index contributed by atoms with van der Waals surface area (Å²) in [5, 5.41) is 0. The molecular formula is C10H22BrNS. The molecule has 3 heteroatoms. The van der Waals surface area contributed by atoms with Crippen LogP contribution >= 0.6 is 15.9 Å². The Kier molecular flexibility index (Phi) is 5.76. The maximum absolute atomic E-state index is 7.81. The van der Waals surface area contributed by atoms with Crippen LogP contribution in [-0.2, 0) is 10.7 Å². The van der Waals surface area contributed by atoms with Gasteiger partial charge < -0.3 is 0 Å². The van der Waals surface area contributed by atoms with Crippen molar-refractivity contribution in [3.8, 4) is 0 Å². The summed E-state index contributed by atoms with van der Waals surface area (Å²) < 4.78 is 7.98. The van der Waals surface area contributed by atoms with Gasteiger partial charge in [0.15, 0.2) is 0 Å². The summed E-state index contributed by atoms with van der Waals surface area (Å²) in [5.41, 5.74) is 0. The first-order valence-corrected chi connectivity index (χ1v) is 7.34. The van der Waals surface area contributed by atoms with Crippen molar-refractivity contribution in [3.63, 3.8) is 0 Å². The minimum Gasteiger partial charge on any atom is -0.280 e. The maximum atomic E-state index is 7.81. The average molecular weight is 268 g/mol. The second-order valence-corrected chi connectivity index (χ2v) is 8.01. The van der Waals surface area contributed by atoms with Crippen molar-refractivity contribution in [1.29, 1.82) is 4.78 Å². The highest BCUT2D eigenvalue weighted by Gasteiger charge is 2.27. The van der Waals surface area contributed by atoms with Gasteiger partial charge in [0.25, 0.3) is 0 Å². The number of alkyl halides is 1. The van der Waals surface area contributed by atoms with Crippen LogP contribution in [0.25, 0.3) is 0 Å². The SMILES string of the molecule is CC(Br)CCC(C)C(C)(C)[S@](C)=N. The third-order valence-corrected chi connectivity index (χ3v) is 5.41. The van der Waals surface area contributed by atoms with E-state index in [1.165, 1.54) is 12.8 Å². The molecule has 0 saturated heterocycles. The Bertz CT molecular complexity index is 178. The van der Waals surface area contributed by atoms with Crippen molar-refractivity contribution < 1.29 is 0 Å². The van der Waals surface area contributed by atoms with E-state index >= 15 is 0 Å². The van der Waals surface area contributed by atoms with Crippen LogP contribution in [0.1, 0.15) is 40.5 Å². The summed E-state index contributed by atoms with van der Waals surface area (Å²) in [4.78, 5) is 0.607. The zero-order valence-corrected chi connectivity index (χ0v) is 11.8. The number of hydrogen-bond acceptors (Lipinski definition) is 1. The van der Waals surface area contributed by atoms with Crippen molar-refractivity contribution in [2.75, 3.05) is 6.26 Å². The van der Waals surface area contributed by atoms with Crippen molar-refractivity contribution >= 4 is 26.6 Å². The molecule has 0 aliphatic carbocycles. The lowest BCUT2D eigenvalue weighted by Gasteiger charge is -2.32. The summed E-state index contributed by atoms with van der Waals surface area (Å²) in [6.45, 7) is 8.89. The Morgan fingerprint density at radius 1 is 1.31 bits per heavy atom. The average Bonchev–Trinajstić information content (AvgIpc) is 1.99. The third-order valence-electron chi connectivity index (χ3n) is 2.97. The highest BCUT2D eigenvalue weighted by Crippen LogP contribution is 2.28. The van der Waals surface area contributed by atoms with E-state index in [4.69, 9.17) is 4.78 Å². The second-order valence-electron chi connectivity index (χ2n) is 4.37. The summed E-state index contributed by atoms with van der Waals surface area (Å²) >= 11 is 3.56. The van der Waals surface area contributed by atoms with E-state index in [1.807, 2.05) is 6.26 Å². The van der Waals surface area contributed by atoms with Gasteiger partial charge in [0.1, 0.15) is 0 Å². The van der Waals surface area contributed by atoms with Crippen molar-refractivity contribution in [2.24, 2.45) is 5.92 Å². The Balaban J connectivity index is 4.09. The Labute approximate surface area is 93.7 Å². The fraction of sp³-hybridized carbons (Fsp3) is 1.00. The molecule has 0 saturated carbocycles. The van der Waals surface area contributed by atoms with Crippen LogP contribution in [0.15, 0.2) is 0 Å². The molecule has 0 aliphatic rings. The van der Waals surface area contributed by atoms with Crippen LogP contribution in [0.4, 0.5) is 0 Å². The molecule has 0 aromatic rings. The zero-order chi connectivity index (χ0) is 10.6. The topological polar surface area (TPSA) is 23.9 Å². The summed E-state index contributed by atoms with van der Waals surface area (Å²) in [5.74, 6) is 0.637. The first-order valence-electron chi connectivity index (χ1n) is 4.79. The van der Waals surface area contributed by atoms with Crippen LogP contribution in [0.5, 0.6) is 0 Å². The van der Waals surface area contributed by atoms with Gasteiger partial charge in [-0.3, -0.25) is 4.78 Å². The van der Waals surface area contributed by atoms with E-state index in [1.54, 1.807) is 0 Å². The molecule has 13 heavy (non-hydrogen) atoms. The van der Waals surface area contributed by atoms with Crippen LogP contribution < -0.4 is 0 Å². The van der Waals surface area contributed by atoms with Crippen LogP contribution in [0.2, 0.25) is 0 Å². The Morgan fingerprint density at radius 2 is 1.77 bits per heavy atom. The van der Waals surface area contributed by atoms with Gasteiger partial charge >= 0.3 is 0 Å². The highest BCUT2D eigenvalue weighted by molar-refractivity contribution is 9.09. The lowest BCUT2D eigenvalue weighted by molar-refractivity contribution is 0.416. The number of nitrogens with one attached hydrogen (secondary N) is 1. The minimum absolute atomic E-state index is 0.169. The van der Waals surface area contributed by atoms with Gasteiger partial charge in [-0.15, -0.1) is 10.7 Å². The van der Waals surface area contributed by atoms with Crippen molar-refractivity contribution in [1.82, 2.24) is 0 Å². The van der Waals surface area contributed by atoms with E-state index in [9.17, 15) is 0 Å². The molecule has 1 N–H and O–H groups in total. The molecule has 0 spiro atoms. The summed E-state index contributed by atoms with van der Waals surface area (Å²) in [7, 11) is -0.236. The predicted octanol–water partition coefficient (Wildman–Crippen LogP) is 3.98. The molecule has 0 radical (unpaired) electrons. The van der Waals surface area contributed by atoms with Gasteiger partial charge in [-0.2, -0.15) is 0 Å². The smallest absolute Gasteiger partial charge is 0.0231 e. The number of halogens is 1. The molecule has 0 aromatic carbocycles. The zero-order valence-electron chi connectivity index (χ0n) is 9.36. The quantitative estimate of drug-likeness (QED) is 0.729. The van der Waals surface area contributed by atoms with Crippen LogP contribution in [0, 0.1) is 10.7 Å². The third kappa shape index (κ3) is 4.59. The van der Waals surface area contributed by atoms with Crippen molar-refractivity contribution in [3.05, 3.63) is 0 Å². The first kappa shape index (κ1) is 13.6. The molecule has 1 nitrogen and oxygen atoms in total. The van der Waals surface area contributed by atoms with E-state index < -0.39 is 0 Å². The molecule has 0 aliphatic heterocycles. The standard InChI is InChI=1S/C10H22BrNS/c1-8(6-7-9(2)11)10(3,4)13(5)12/h8-9,12H,6-7H2,1-5H3/t8?,9?,13-/m0/s1. The highest BCUT2D eigenvalue weighted by atomic mass is 79.9. The van der Waals surface area contributed by atoms with Gasteiger partial charge in [0.2, 0.25) is 0 Å². The molecule has 0 amide bonds. The Morgan fingerprint density at radius 3 is 2.08 bits per heavy atom. The molecular weight excluding hydrogens is 246 g/mol. The molecule has 0 aromatic heterocycles. The molecule has 0 fully saturated rings. The lowest BCUT2D eigenvalue weighted by Crippen LogP contribution is -2.33. The summed E-state index contributed by atoms with van der Waals surface area (Å²) in [6, 6.07) is 0. The van der Waals surface area contributed by atoms with Gasteiger partial charge in [0, 0.05) is 9.57 Å². The van der Waals surface area contributed by atoms with Gasteiger partial charge in [-0.25, -0.2) is 0 Å². The fourth-order valence-electron chi connectivity index (χ4n) is 1.13. The van der Waals surface area contributed by atoms with E-state index in [2.05, 4.69) is 43.6 Å². The molecule has 3 atom stereocenters. The molecule has 80 valence electrons. The largest absolute Gasteiger partial charge is 0.280 e. The molecule has 0 heterocycles. The van der Waals surface area contributed by atoms with Gasteiger partial charge in [-0.05, 0) is 38.9 Å². The second kappa shape index (κ2) is 5.50. The maximum Gasteiger partial charge on any atom is 0.0231 e. The first-order chi connectivity index (χ1) is 5.78. The van der Waals surface area contributed by atoms with Crippen molar-refractivity contribution in [2.45, 2.75) is 50.1 Å².